The van der Waals surface area contributed by atoms with E-state index in [0.717, 1.165) is 5.52 Å². The van der Waals surface area contributed by atoms with Crippen molar-refractivity contribution in [1.82, 2.24) is 9.55 Å². The monoisotopic (exact) mass is 508 g/mol. The topological polar surface area (TPSA) is 20.7 Å². The van der Waals surface area contributed by atoms with Gasteiger partial charge < -0.3 is 9.55 Å². The molecule has 0 aliphatic rings. The van der Waals surface area contributed by atoms with Gasteiger partial charge in [-0.25, -0.2) is 0 Å². The van der Waals surface area contributed by atoms with Gasteiger partial charge in [0.05, 0.1) is 11.0 Å². The maximum atomic E-state index is 3.59. The highest BCUT2D eigenvalue weighted by Crippen LogP contribution is 2.44. The van der Waals surface area contributed by atoms with Gasteiger partial charge in [0.2, 0.25) is 0 Å². The molecule has 186 valence electrons. The molecule has 0 fully saturated rings. The van der Waals surface area contributed by atoms with Gasteiger partial charge in [0.15, 0.2) is 0 Å². The lowest BCUT2D eigenvalue weighted by Gasteiger charge is -2.12. The van der Waals surface area contributed by atoms with Crippen molar-refractivity contribution in [2.75, 3.05) is 0 Å². The van der Waals surface area contributed by atoms with Gasteiger partial charge in [-0.2, -0.15) is 0 Å². The van der Waals surface area contributed by atoms with Crippen LogP contribution in [0.25, 0.3) is 82.0 Å². The third-order valence-electron chi connectivity index (χ3n) is 8.50. The van der Waals surface area contributed by atoms with Crippen molar-refractivity contribution in [3.63, 3.8) is 0 Å². The Balaban J connectivity index is 1.51. The maximum Gasteiger partial charge on any atom is 0.0553 e. The van der Waals surface area contributed by atoms with Gasteiger partial charge >= 0.3 is 0 Å². The minimum absolute atomic E-state index is 1.16. The first-order valence-electron chi connectivity index (χ1n) is 13.8. The molecule has 2 heteroatoms. The molecule has 0 amide bonds. The summed E-state index contributed by atoms with van der Waals surface area (Å²) in [6.07, 6.45) is 0. The van der Waals surface area contributed by atoms with E-state index in [2.05, 4.69) is 149 Å². The van der Waals surface area contributed by atoms with Crippen LogP contribution in [-0.2, 0) is 0 Å². The fourth-order valence-electron chi connectivity index (χ4n) is 6.75. The summed E-state index contributed by atoms with van der Waals surface area (Å²) in [5.74, 6) is 0. The standard InChI is InChI=1S/C38H24N2/c1-2-10-24(11-3-1)31-23-36-38(30-16-7-6-14-28(30)31)37-27-13-5-4-12-25(27)18-21-35(37)40(36)26-19-20-34-32(22-26)29-15-8-9-17-33(29)39-34/h1-23,39H. The predicted molar refractivity (Wildman–Crippen MR) is 171 cm³/mol. The number of H-pyrrole nitrogens is 1. The van der Waals surface area contributed by atoms with Crippen LogP contribution in [-0.4, -0.2) is 9.55 Å². The van der Waals surface area contributed by atoms with Crippen molar-refractivity contribution < 1.29 is 0 Å². The first-order chi connectivity index (χ1) is 19.8. The molecule has 0 aliphatic carbocycles. The van der Waals surface area contributed by atoms with Crippen LogP contribution in [0.5, 0.6) is 0 Å². The minimum atomic E-state index is 1.16. The van der Waals surface area contributed by atoms with E-state index in [1.54, 1.807) is 0 Å². The molecular weight excluding hydrogens is 484 g/mol. The van der Waals surface area contributed by atoms with Crippen LogP contribution in [0, 0.1) is 0 Å². The Morgan fingerprint density at radius 1 is 0.425 bits per heavy atom. The first-order valence-corrected chi connectivity index (χ1v) is 13.8. The van der Waals surface area contributed by atoms with Crippen molar-refractivity contribution in [2.45, 2.75) is 0 Å². The van der Waals surface area contributed by atoms with E-state index in [9.17, 15) is 0 Å². The van der Waals surface area contributed by atoms with Crippen molar-refractivity contribution in [3.05, 3.63) is 140 Å². The van der Waals surface area contributed by atoms with Gasteiger partial charge in [-0.3, -0.25) is 0 Å². The fourth-order valence-corrected chi connectivity index (χ4v) is 6.75. The average Bonchev–Trinajstić information content (AvgIpc) is 3.56. The molecule has 0 bridgehead atoms. The number of hydrogen-bond acceptors (Lipinski definition) is 0. The first kappa shape index (κ1) is 21.6. The highest BCUT2D eigenvalue weighted by molar-refractivity contribution is 6.30. The summed E-state index contributed by atoms with van der Waals surface area (Å²) >= 11 is 0. The number of rotatable bonds is 2. The summed E-state index contributed by atoms with van der Waals surface area (Å²) in [5.41, 5.74) is 8.43. The molecule has 40 heavy (non-hydrogen) atoms. The number of aromatic amines is 1. The molecule has 1 N–H and O–H groups in total. The van der Waals surface area contributed by atoms with Gasteiger partial charge in [-0.05, 0) is 69.1 Å². The van der Waals surface area contributed by atoms with Crippen LogP contribution in [0.2, 0.25) is 0 Å². The van der Waals surface area contributed by atoms with Crippen LogP contribution in [0.15, 0.2) is 140 Å². The lowest BCUT2D eigenvalue weighted by Crippen LogP contribution is -1.94. The Morgan fingerprint density at radius 3 is 1.98 bits per heavy atom. The zero-order chi connectivity index (χ0) is 26.2. The molecule has 7 aromatic carbocycles. The third-order valence-corrected chi connectivity index (χ3v) is 8.50. The molecule has 0 radical (unpaired) electrons. The van der Waals surface area contributed by atoms with Gasteiger partial charge in [0.1, 0.15) is 0 Å². The number of nitrogens with one attached hydrogen (secondary N) is 1. The average molecular weight is 509 g/mol. The van der Waals surface area contributed by atoms with Crippen LogP contribution in [0.3, 0.4) is 0 Å². The van der Waals surface area contributed by atoms with Crippen LogP contribution < -0.4 is 0 Å². The van der Waals surface area contributed by atoms with E-state index in [1.807, 2.05) is 0 Å². The second kappa shape index (κ2) is 8.08. The van der Waals surface area contributed by atoms with Gasteiger partial charge in [-0.1, -0.05) is 103 Å². The van der Waals surface area contributed by atoms with E-state index in [-0.39, 0.29) is 0 Å². The molecule has 0 saturated heterocycles. The summed E-state index contributed by atoms with van der Waals surface area (Å²) in [5, 5.41) is 10.2. The van der Waals surface area contributed by atoms with Gasteiger partial charge in [0.25, 0.3) is 0 Å². The molecule has 2 aromatic heterocycles. The van der Waals surface area contributed by atoms with Crippen LogP contribution in [0.4, 0.5) is 0 Å². The number of nitrogens with zero attached hydrogens (tertiary/aromatic N) is 1. The number of benzene rings is 7. The Hall–Kier alpha value is -5.34. The van der Waals surface area contributed by atoms with E-state index in [0.29, 0.717) is 0 Å². The smallest absolute Gasteiger partial charge is 0.0553 e. The minimum Gasteiger partial charge on any atom is -0.355 e. The Morgan fingerprint density at radius 2 is 1.10 bits per heavy atom. The molecule has 9 rings (SSSR count). The zero-order valence-electron chi connectivity index (χ0n) is 21.7. The number of para-hydroxylation sites is 1. The highest BCUT2D eigenvalue weighted by Gasteiger charge is 2.20. The lowest BCUT2D eigenvalue weighted by atomic mass is 9.94. The van der Waals surface area contributed by atoms with Crippen molar-refractivity contribution in [1.29, 1.82) is 0 Å². The van der Waals surface area contributed by atoms with Crippen molar-refractivity contribution >= 4 is 65.2 Å². The van der Waals surface area contributed by atoms with Crippen LogP contribution in [0.1, 0.15) is 0 Å². The van der Waals surface area contributed by atoms with Crippen LogP contribution >= 0.6 is 0 Å². The quantitative estimate of drug-likeness (QED) is 0.240. The van der Waals surface area contributed by atoms with E-state index in [1.165, 1.54) is 76.5 Å². The normalized spacial score (nSPS) is 12.0. The highest BCUT2D eigenvalue weighted by atomic mass is 15.0. The fraction of sp³-hybridized carbons (Fsp3) is 0. The molecule has 9 aromatic rings. The van der Waals surface area contributed by atoms with Gasteiger partial charge in [0, 0.05) is 38.3 Å². The largest absolute Gasteiger partial charge is 0.355 e. The maximum absolute atomic E-state index is 3.59. The number of fused-ring (bicyclic) bond motifs is 10. The molecule has 2 nitrogen and oxygen atoms in total. The SMILES string of the molecule is c1ccc(-c2cc3c(c4ccccc24)c2c4ccccc4ccc2n3-c2ccc3[nH]c4ccccc4c3c2)cc1. The Kier molecular flexibility index (Phi) is 4.36. The number of hydrogen-bond donors (Lipinski definition) is 1. The molecule has 0 unspecified atom stereocenters. The summed E-state index contributed by atoms with van der Waals surface area (Å²) in [4.78, 5) is 3.59. The summed E-state index contributed by atoms with van der Waals surface area (Å²) in [7, 11) is 0. The van der Waals surface area contributed by atoms with Crippen molar-refractivity contribution in [2.24, 2.45) is 0 Å². The molecule has 0 saturated carbocycles. The molecule has 0 aliphatic heterocycles. The Labute approximate surface area is 230 Å². The summed E-state index contributed by atoms with van der Waals surface area (Å²) in [6.45, 7) is 0. The molecule has 0 spiro atoms. The summed E-state index contributed by atoms with van der Waals surface area (Å²) in [6, 6.07) is 50.8. The van der Waals surface area contributed by atoms with E-state index < -0.39 is 0 Å². The predicted octanol–water partition coefficient (Wildman–Crippen LogP) is 10.4. The second-order valence-electron chi connectivity index (χ2n) is 10.6. The van der Waals surface area contributed by atoms with Gasteiger partial charge in [-0.15, -0.1) is 0 Å². The van der Waals surface area contributed by atoms with Crippen molar-refractivity contribution in [3.8, 4) is 16.8 Å². The van der Waals surface area contributed by atoms with E-state index in [4.69, 9.17) is 0 Å². The molecule has 0 atom stereocenters. The lowest BCUT2D eigenvalue weighted by molar-refractivity contribution is 1.19. The van der Waals surface area contributed by atoms with E-state index >= 15 is 0 Å². The molecular formula is C38H24N2. The zero-order valence-corrected chi connectivity index (χ0v) is 21.7. The second-order valence-corrected chi connectivity index (χ2v) is 10.6. The summed E-state index contributed by atoms with van der Waals surface area (Å²) < 4.78 is 2.47. The Bertz CT molecular complexity index is 2420. The molecule has 2 heterocycles. The number of aromatic nitrogens is 2. The third kappa shape index (κ3) is 2.93.